The molecular weight excluding hydrogens is 377 g/mol. The van der Waals surface area contributed by atoms with Crippen LogP contribution in [0, 0.1) is 11.4 Å². The molecule has 1 aliphatic rings. The van der Waals surface area contributed by atoms with Crippen molar-refractivity contribution in [1.29, 1.82) is 5.53 Å². The largest absolute Gasteiger partial charge is 0.489 e. The van der Waals surface area contributed by atoms with Crippen LogP contribution in [0.2, 0.25) is 0 Å². The van der Waals surface area contributed by atoms with Crippen molar-refractivity contribution < 1.29 is 27.5 Å². The van der Waals surface area contributed by atoms with Gasteiger partial charge >= 0.3 is 6.18 Å². The number of amides is 2. The van der Waals surface area contributed by atoms with Gasteiger partial charge in [0.2, 0.25) is 0 Å². The van der Waals surface area contributed by atoms with Crippen LogP contribution in [0.3, 0.4) is 0 Å². The second-order valence-electron chi connectivity index (χ2n) is 6.29. The number of nitrogens with one attached hydrogen (secondary N) is 2. The standard InChI is InChI=1S/C18H21F3N4O3/c1-3-11(18(19,20)21)8-9-12(24-22)16(26)23-13-10-28-15-7-5-4-6-14(15)25(2)17(13)27/h4-7,9,11,13,22H,3,8,10H2,1-2H3,(H,23,26)/t11-,13-/m0/s1. The fraction of sp³-hybridized carbons (Fsp3) is 0.444. The van der Waals surface area contributed by atoms with Crippen molar-refractivity contribution >= 4 is 17.5 Å². The molecule has 7 nitrogen and oxygen atoms in total. The lowest BCUT2D eigenvalue weighted by Crippen LogP contribution is -2.49. The second kappa shape index (κ2) is 8.85. The molecule has 0 unspecified atom stereocenters. The Hall–Kier alpha value is -2.91. The van der Waals surface area contributed by atoms with E-state index in [0.717, 1.165) is 6.08 Å². The molecule has 1 aliphatic heterocycles. The van der Waals surface area contributed by atoms with Crippen molar-refractivity contribution in [1.82, 2.24) is 5.32 Å². The van der Waals surface area contributed by atoms with Crippen molar-refractivity contribution in [2.24, 2.45) is 11.0 Å². The Morgan fingerprint density at radius 2 is 2.14 bits per heavy atom. The first-order valence-corrected chi connectivity index (χ1v) is 8.63. The highest BCUT2D eigenvalue weighted by molar-refractivity contribution is 6.02. The van der Waals surface area contributed by atoms with Gasteiger partial charge in [0.1, 0.15) is 24.1 Å². The number of alkyl halides is 3. The molecule has 1 heterocycles. The van der Waals surface area contributed by atoms with E-state index in [2.05, 4.69) is 10.4 Å². The quantitative estimate of drug-likeness (QED) is 0.568. The maximum absolute atomic E-state index is 12.8. The average Bonchev–Trinajstić information content (AvgIpc) is 2.76. The van der Waals surface area contributed by atoms with Gasteiger partial charge < -0.3 is 15.0 Å². The van der Waals surface area contributed by atoms with Gasteiger partial charge in [-0.05, 0) is 25.0 Å². The van der Waals surface area contributed by atoms with Crippen molar-refractivity contribution in [3.8, 4) is 5.75 Å². The Kier molecular flexibility index (Phi) is 6.76. The summed E-state index contributed by atoms with van der Waals surface area (Å²) in [4.78, 5) is 26.2. The second-order valence-corrected chi connectivity index (χ2v) is 6.29. The summed E-state index contributed by atoms with van der Waals surface area (Å²) < 4.78 is 44.1. The summed E-state index contributed by atoms with van der Waals surface area (Å²) in [5.74, 6) is -2.54. The average molecular weight is 398 g/mol. The summed E-state index contributed by atoms with van der Waals surface area (Å²) in [6.45, 7) is 1.23. The van der Waals surface area contributed by atoms with Crippen molar-refractivity contribution in [2.75, 3.05) is 18.6 Å². The van der Waals surface area contributed by atoms with E-state index in [0.29, 0.717) is 11.4 Å². The Balaban J connectivity index is 2.11. The smallest absolute Gasteiger partial charge is 0.392 e. The number of anilines is 1. The molecule has 0 fully saturated rings. The van der Waals surface area contributed by atoms with Crippen LogP contribution in [-0.2, 0) is 9.59 Å². The number of allylic oxidation sites excluding steroid dienone is 1. The Morgan fingerprint density at radius 3 is 2.75 bits per heavy atom. The van der Waals surface area contributed by atoms with E-state index < -0.39 is 42.1 Å². The monoisotopic (exact) mass is 398 g/mol. The number of likely N-dealkylation sites (N-methyl/N-ethyl adjacent to an activating group) is 1. The fourth-order valence-corrected chi connectivity index (χ4v) is 2.76. The van der Waals surface area contributed by atoms with Crippen LogP contribution in [0.1, 0.15) is 19.8 Å². The number of rotatable bonds is 6. The first-order valence-electron chi connectivity index (χ1n) is 8.63. The Morgan fingerprint density at radius 1 is 1.46 bits per heavy atom. The zero-order chi connectivity index (χ0) is 20.9. The van der Waals surface area contributed by atoms with E-state index in [1.54, 1.807) is 24.3 Å². The molecule has 2 N–H and O–H groups in total. The van der Waals surface area contributed by atoms with Gasteiger partial charge in [0, 0.05) is 7.05 Å². The molecule has 0 bridgehead atoms. The zero-order valence-corrected chi connectivity index (χ0v) is 15.4. The minimum Gasteiger partial charge on any atom is -0.489 e. The molecule has 10 heteroatoms. The van der Waals surface area contributed by atoms with Crippen LogP contribution < -0.4 is 15.0 Å². The molecule has 28 heavy (non-hydrogen) atoms. The van der Waals surface area contributed by atoms with Gasteiger partial charge in [-0.15, -0.1) is 0 Å². The summed E-state index contributed by atoms with van der Waals surface area (Å²) in [7, 11) is 1.52. The first kappa shape index (κ1) is 21.4. The number of nitrogens with zero attached hydrogens (tertiary/aromatic N) is 2. The normalized spacial score (nSPS) is 18.6. The molecule has 0 aliphatic carbocycles. The number of benzene rings is 1. The first-order chi connectivity index (χ1) is 13.2. The summed E-state index contributed by atoms with van der Waals surface area (Å²) in [5, 5.41) is 5.40. The van der Waals surface area contributed by atoms with E-state index in [1.165, 1.54) is 18.9 Å². The molecule has 0 radical (unpaired) electrons. The zero-order valence-electron chi connectivity index (χ0n) is 15.4. The van der Waals surface area contributed by atoms with E-state index in [4.69, 9.17) is 10.3 Å². The van der Waals surface area contributed by atoms with Crippen LogP contribution >= 0.6 is 0 Å². The van der Waals surface area contributed by atoms with Crippen LogP contribution in [0.5, 0.6) is 5.75 Å². The number of hydrogen-bond donors (Lipinski definition) is 2. The fourth-order valence-electron chi connectivity index (χ4n) is 2.76. The number of carbonyl (C=O) groups excluding carboxylic acids is 2. The van der Waals surface area contributed by atoms with Crippen molar-refractivity contribution in [3.05, 3.63) is 36.0 Å². The Bertz CT molecular complexity index is 780. The van der Waals surface area contributed by atoms with Gasteiger partial charge in [0.25, 0.3) is 11.8 Å². The third-order valence-electron chi connectivity index (χ3n) is 4.47. The molecule has 0 aromatic heterocycles. The minimum absolute atomic E-state index is 0.155. The number of halogens is 3. The maximum Gasteiger partial charge on any atom is 0.392 e. The molecule has 1 aromatic carbocycles. The molecule has 0 spiro atoms. The molecule has 0 saturated heterocycles. The SMILES string of the molecule is CC[C@@H](CC=C(N=N)C(=O)N[C@H]1COc2ccccc2N(C)C1=O)C(F)(F)F. The number of fused-ring (bicyclic) bond motifs is 1. The predicted molar refractivity (Wildman–Crippen MR) is 95.0 cm³/mol. The minimum atomic E-state index is -4.41. The highest BCUT2D eigenvalue weighted by atomic mass is 19.4. The van der Waals surface area contributed by atoms with Gasteiger partial charge in [-0.1, -0.05) is 25.1 Å². The lowest BCUT2D eigenvalue weighted by molar-refractivity contribution is -0.174. The topological polar surface area (TPSA) is 94.8 Å². The predicted octanol–water partition coefficient (Wildman–Crippen LogP) is 3.42. The number of para-hydroxylation sites is 2. The van der Waals surface area contributed by atoms with E-state index in [9.17, 15) is 22.8 Å². The Labute approximate surface area is 160 Å². The van der Waals surface area contributed by atoms with E-state index >= 15 is 0 Å². The number of ether oxygens (including phenoxy) is 1. The highest BCUT2D eigenvalue weighted by Gasteiger charge is 2.37. The summed E-state index contributed by atoms with van der Waals surface area (Å²) in [6, 6.07) is 5.76. The lowest BCUT2D eigenvalue weighted by Gasteiger charge is -2.20. The molecule has 2 rings (SSSR count). The maximum atomic E-state index is 12.8. The summed E-state index contributed by atoms with van der Waals surface area (Å²) >= 11 is 0. The highest BCUT2D eigenvalue weighted by Crippen LogP contribution is 2.32. The summed E-state index contributed by atoms with van der Waals surface area (Å²) in [5.41, 5.74) is 7.13. The molecule has 2 atom stereocenters. The lowest BCUT2D eigenvalue weighted by atomic mass is 10.0. The molecule has 152 valence electrons. The van der Waals surface area contributed by atoms with Gasteiger partial charge in [-0.2, -0.15) is 18.3 Å². The van der Waals surface area contributed by atoms with Crippen LogP contribution in [0.15, 0.2) is 41.2 Å². The van der Waals surface area contributed by atoms with Gasteiger partial charge in [0.15, 0.2) is 0 Å². The van der Waals surface area contributed by atoms with Crippen molar-refractivity contribution in [2.45, 2.75) is 32.0 Å². The molecule has 2 amide bonds. The number of carbonyl (C=O) groups is 2. The molecular formula is C18H21F3N4O3. The summed E-state index contributed by atoms with van der Waals surface area (Å²) in [6.07, 6.45) is -4.09. The van der Waals surface area contributed by atoms with Crippen molar-refractivity contribution in [3.63, 3.8) is 0 Å². The van der Waals surface area contributed by atoms with Gasteiger partial charge in [0.05, 0.1) is 11.6 Å². The van der Waals surface area contributed by atoms with E-state index in [1.807, 2.05) is 0 Å². The van der Waals surface area contributed by atoms with E-state index in [-0.39, 0.29) is 13.0 Å². The third-order valence-corrected chi connectivity index (χ3v) is 4.47. The molecule has 0 saturated carbocycles. The van der Waals surface area contributed by atoms with Gasteiger partial charge in [-0.3, -0.25) is 9.59 Å². The van der Waals surface area contributed by atoms with Gasteiger partial charge in [-0.25, -0.2) is 5.53 Å². The van der Waals surface area contributed by atoms with Crippen LogP contribution in [0.4, 0.5) is 18.9 Å². The molecule has 1 aromatic rings. The van der Waals surface area contributed by atoms with Crippen LogP contribution in [-0.4, -0.2) is 37.7 Å². The number of hydrogen-bond acceptors (Lipinski definition) is 5. The third kappa shape index (κ3) is 4.87. The van der Waals surface area contributed by atoms with Crippen LogP contribution in [0.25, 0.3) is 0 Å².